The largest absolute Gasteiger partial charge is 0.370 e. The number of fused-ring (bicyclic) bond motifs is 6. The quantitative estimate of drug-likeness (QED) is 0.0231. The minimum Gasteiger partial charge on any atom is -0.370 e. The van der Waals surface area contributed by atoms with Crippen molar-refractivity contribution in [3.8, 4) is 0 Å². The molecular weight excluding hydrogens is 852 g/mol. The number of halogens is 1. The van der Waals surface area contributed by atoms with Gasteiger partial charge in [0.1, 0.15) is 6.54 Å². The Morgan fingerprint density at radius 1 is 0.773 bits per heavy atom. The SMILES string of the molecule is CC1(C)C(/C=C/C=C/C=C2/N(CCCCNC(=O)c3ccc(C(=O)C(CCF)S(=O)(=O)O)cc3)c3ccc4ccccc4c3C2(C)C)=[N+](CCCCCC(N)=O)c2ccc3ccccc3c21. The number of rotatable bonds is 20. The topological polar surface area (TPSA) is 150 Å². The molecule has 0 aliphatic carbocycles. The molecule has 12 heteroatoms. The average Bonchev–Trinajstić information content (AvgIpc) is 3.65. The first-order valence-corrected chi connectivity index (χ1v) is 24.3. The number of allylic oxidation sites excluding steroid dienone is 6. The normalized spacial score (nSPS) is 16.5. The Labute approximate surface area is 387 Å². The molecule has 7 rings (SSSR count). The lowest BCUT2D eigenvalue weighted by Crippen LogP contribution is -2.31. The van der Waals surface area contributed by atoms with Gasteiger partial charge in [0.05, 0.1) is 12.1 Å². The third-order valence-electron chi connectivity index (χ3n) is 13.1. The summed E-state index contributed by atoms with van der Waals surface area (Å²) in [7, 11) is -4.79. The van der Waals surface area contributed by atoms with Crippen molar-refractivity contribution in [2.24, 2.45) is 5.73 Å². The minimum absolute atomic E-state index is 0.0384. The molecule has 5 aromatic rings. The summed E-state index contributed by atoms with van der Waals surface area (Å²) in [6.45, 7) is 10.0. The first-order valence-electron chi connectivity index (χ1n) is 22.8. The van der Waals surface area contributed by atoms with Gasteiger partial charge in [-0.2, -0.15) is 13.0 Å². The van der Waals surface area contributed by atoms with Gasteiger partial charge in [-0.05, 0) is 97.0 Å². The summed E-state index contributed by atoms with van der Waals surface area (Å²) in [5.41, 5.74) is 12.5. The van der Waals surface area contributed by atoms with E-state index in [2.05, 4.69) is 146 Å². The maximum Gasteiger partial charge on any atom is 0.275 e. The van der Waals surface area contributed by atoms with Crippen molar-refractivity contribution < 1.29 is 36.3 Å². The van der Waals surface area contributed by atoms with E-state index in [1.165, 1.54) is 74.0 Å². The minimum atomic E-state index is -4.79. The molecular formula is C54H60FN4O6S+. The lowest BCUT2D eigenvalue weighted by molar-refractivity contribution is -0.438. The molecule has 0 spiro atoms. The molecule has 66 heavy (non-hydrogen) atoms. The van der Waals surface area contributed by atoms with E-state index < -0.39 is 34.2 Å². The van der Waals surface area contributed by atoms with E-state index >= 15 is 0 Å². The van der Waals surface area contributed by atoms with Gasteiger partial charge < -0.3 is 16.0 Å². The highest BCUT2D eigenvalue weighted by atomic mass is 32.2. The number of hydrogen-bond donors (Lipinski definition) is 3. The van der Waals surface area contributed by atoms with Gasteiger partial charge in [-0.25, -0.2) is 0 Å². The summed E-state index contributed by atoms with van der Waals surface area (Å²) in [5.74, 6) is -1.53. The van der Waals surface area contributed by atoms with E-state index in [1.54, 1.807) is 0 Å². The fourth-order valence-electron chi connectivity index (χ4n) is 9.84. The van der Waals surface area contributed by atoms with Crippen LogP contribution in [0, 0.1) is 0 Å². The number of nitrogens with zero attached hydrogens (tertiary/aromatic N) is 2. The Kier molecular flexibility index (Phi) is 14.5. The summed E-state index contributed by atoms with van der Waals surface area (Å²) in [6, 6.07) is 31.3. The standard InChI is InChI=1S/C54H59FN4O6S/c1-53(2)46(58(35-15-6-9-23-48(56)60)43-30-28-37-17-10-12-19-41(37)49(43)53)21-7-5-8-22-47-54(3,4)50-42-20-13-11-18-38(42)29-31-44(50)59(47)36-16-14-34-57-52(62)40-26-24-39(25-27-40)51(61)45(32-33-55)66(63,64)65/h5,7-8,10-13,17-22,24-31,45H,6,9,14-16,23,32-36H2,1-4H3,(H3-,56,57,60,62,63,64,65)/p+1. The predicted molar refractivity (Wildman–Crippen MR) is 263 cm³/mol. The fourth-order valence-corrected chi connectivity index (χ4v) is 10.6. The van der Waals surface area contributed by atoms with Crippen molar-refractivity contribution >= 4 is 66.3 Å². The van der Waals surface area contributed by atoms with Crippen LogP contribution in [0.4, 0.5) is 15.8 Å². The second-order valence-electron chi connectivity index (χ2n) is 18.3. The van der Waals surface area contributed by atoms with E-state index in [0.29, 0.717) is 19.4 Å². The van der Waals surface area contributed by atoms with Gasteiger partial charge in [0.2, 0.25) is 11.6 Å². The number of alkyl halides is 1. The second kappa shape index (κ2) is 20.1. The van der Waals surface area contributed by atoms with Gasteiger partial charge in [0.25, 0.3) is 16.0 Å². The first kappa shape index (κ1) is 47.7. The molecule has 4 N–H and O–H groups in total. The first-order chi connectivity index (χ1) is 31.5. The van der Waals surface area contributed by atoms with Gasteiger partial charge in [-0.1, -0.05) is 98.8 Å². The Morgan fingerprint density at radius 2 is 1.42 bits per heavy atom. The van der Waals surface area contributed by atoms with Crippen molar-refractivity contribution in [3.63, 3.8) is 0 Å². The number of carbonyl (C=O) groups is 3. The zero-order valence-corrected chi connectivity index (χ0v) is 39.0. The predicted octanol–water partition coefficient (Wildman–Crippen LogP) is 10.2. The van der Waals surface area contributed by atoms with Crippen molar-refractivity contribution in [2.45, 2.75) is 88.7 Å². The van der Waals surface area contributed by atoms with Gasteiger partial charge >= 0.3 is 0 Å². The number of Topliss-reactive ketones (excluding diaryl/α,β-unsaturated/α-hetero) is 1. The highest BCUT2D eigenvalue weighted by Crippen LogP contribution is 2.51. The lowest BCUT2D eigenvalue weighted by atomic mass is 9.79. The number of unbranched alkanes of at least 4 members (excludes halogenated alkanes) is 3. The van der Waals surface area contributed by atoms with Crippen LogP contribution in [0.5, 0.6) is 0 Å². The number of amides is 2. The fraction of sp³-hybridized carbons (Fsp3) is 0.333. The smallest absolute Gasteiger partial charge is 0.275 e. The number of anilines is 1. The number of carbonyl (C=O) groups excluding carboxylic acids is 3. The van der Waals surface area contributed by atoms with Crippen molar-refractivity contribution in [3.05, 3.63) is 155 Å². The van der Waals surface area contributed by atoms with Crippen molar-refractivity contribution in [1.29, 1.82) is 0 Å². The number of primary amides is 1. The zero-order valence-electron chi connectivity index (χ0n) is 38.2. The number of benzene rings is 5. The monoisotopic (exact) mass is 911 g/mol. The number of ketones is 1. The molecule has 2 aliphatic rings. The summed E-state index contributed by atoms with van der Waals surface area (Å²) in [5, 5.41) is 5.92. The molecule has 1 unspecified atom stereocenters. The summed E-state index contributed by atoms with van der Waals surface area (Å²) >= 11 is 0. The molecule has 2 aliphatic heterocycles. The molecule has 0 fully saturated rings. The molecule has 0 saturated carbocycles. The molecule has 344 valence electrons. The van der Waals surface area contributed by atoms with Crippen LogP contribution in [0.25, 0.3) is 21.5 Å². The highest BCUT2D eigenvalue weighted by molar-refractivity contribution is 7.87. The van der Waals surface area contributed by atoms with E-state index in [1.807, 2.05) is 0 Å². The maximum absolute atomic E-state index is 13.0. The van der Waals surface area contributed by atoms with Crippen LogP contribution in [0.2, 0.25) is 0 Å². The van der Waals surface area contributed by atoms with Gasteiger partial charge in [-0.15, -0.1) is 0 Å². The molecule has 2 heterocycles. The Balaban J connectivity index is 1.07. The summed E-state index contributed by atoms with van der Waals surface area (Å²) in [6.07, 6.45) is 14.7. The van der Waals surface area contributed by atoms with Crippen LogP contribution >= 0.6 is 0 Å². The Morgan fingerprint density at radius 3 is 2.09 bits per heavy atom. The van der Waals surface area contributed by atoms with Crippen LogP contribution in [-0.2, 0) is 25.7 Å². The number of hydrogen-bond acceptors (Lipinski definition) is 6. The zero-order chi connectivity index (χ0) is 47.2. The maximum atomic E-state index is 13.0. The molecule has 5 aromatic carbocycles. The van der Waals surface area contributed by atoms with Crippen LogP contribution in [-0.4, -0.2) is 72.4 Å². The van der Waals surface area contributed by atoms with Crippen LogP contribution in [0.3, 0.4) is 0 Å². The van der Waals surface area contributed by atoms with Crippen LogP contribution in [0.1, 0.15) is 104 Å². The Hall–Kier alpha value is -6.24. The molecule has 1 atom stereocenters. The van der Waals surface area contributed by atoms with E-state index in [4.69, 9.17) is 5.73 Å². The van der Waals surface area contributed by atoms with E-state index in [-0.39, 0.29) is 33.8 Å². The second-order valence-corrected chi connectivity index (χ2v) is 19.9. The Bertz CT molecular complexity index is 2900. The van der Waals surface area contributed by atoms with Crippen LogP contribution in [0.15, 0.2) is 133 Å². The molecule has 0 bridgehead atoms. The summed E-state index contributed by atoms with van der Waals surface area (Å²) in [4.78, 5) is 39.5. The lowest BCUT2D eigenvalue weighted by Gasteiger charge is -2.27. The molecule has 0 saturated heterocycles. The molecule has 2 amide bonds. The third-order valence-corrected chi connectivity index (χ3v) is 14.3. The van der Waals surface area contributed by atoms with Crippen LogP contribution < -0.4 is 16.0 Å². The molecule has 0 radical (unpaired) electrons. The van der Waals surface area contributed by atoms with E-state index in [0.717, 1.165) is 44.5 Å². The summed E-state index contributed by atoms with van der Waals surface area (Å²) < 4.78 is 48.1. The van der Waals surface area contributed by atoms with Gasteiger partial charge in [0.15, 0.2) is 16.7 Å². The number of nitrogens with two attached hydrogens (primary N) is 1. The van der Waals surface area contributed by atoms with Gasteiger partial charge in [-0.3, -0.25) is 23.3 Å². The third kappa shape index (κ3) is 9.95. The molecule has 10 nitrogen and oxygen atoms in total. The van der Waals surface area contributed by atoms with Crippen molar-refractivity contribution in [1.82, 2.24) is 5.32 Å². The molecule has 0 aromatic heterocycles. The average molecular weight is 912 g/mol. The number of nitrogens with one attached hydrogen (secondary N) is 1. The highest BCUT2D eigenvalue weighted by Gasteiger charge is 2.45. The van der Waals surface area contributed by atoms with E-state index in [9.17, 15) is 31.7 Å². The van der Waals surface area contributed by atoms with Gasteiger partial charge in [0, 0.05) is 78.0 Å². The van der Waals surface area contributed by atoms with Crippen molar-refractivity contribution in [2.75, 3.05) is 31.2 Å².